The van der Waals surface area contributed by atoms with Crippen LogP contribution in [-0.2, 0) is 4.74 Å². The zero-order valence-electron chi connectivity index (χ0n) is 10.0. The lowest BCUT2D eigenvalue weighted by atomic mass is 9.88. The van der Waals surface area contributed by atoms with E-state index in [4.69, 9.17) is 4.74 Å². The van der Waals surface area contributed by atoms with Crippen molar-refractivity contribution in [1.29, 1.82) is 0 Å². The molecule has 0 unspecified atom stereocenters. The molecule has 0 atom stereocenters. The Morgan fingerprint density at radius 1 is 1.07 bits per heavy atom. The second-order valence-electron chi connectivity index (χ2n) is 4.60. The standard InChI is InChI=1S/C12H25NO/c1-4-6-12(3,7-5-2)13-8-10-14-11-9-13/h4-11H2,1-3H3. The molecule has 1 rings (SSSR count). The zero-order chi connectivity index (χ0) is 10.4. The van der Waals surface area contributed by atoms with Crippen LogP contribution in [0.5, 0.6) is 0 Å². The highest BCUT2D eigenvalue weighted by molar-refractivity contribution is 4.86. The molecule has 1 aliphatic heterocycles. The van der Waals surface area contributed by atoms with Crippen molar-refractivity contribution >= 4 is 0 Å². The summed E-state index contributed by atoms with van der Waals surface area (Å²) in [5.74, 6) is 0. The van der Waals surface area contributed by atoms with E-state index in [9.17, 15) is 0 Å². The van der Waals surface area contributed by atoms with Crippen LogP contribution in [0.1, 0.15) is 46.5 Å². The number of morpholine rings is 1. The fourth-order valence-electron chi connectivity index (χ4n) is 2.62. The van der Waals surface area contributed by atoms with Crippen molar-refractivity contribution < 1.29 is 4.74 Å². The predicted octanol–water partition coefficient (Wildman–Crippen LogP) is 2.68. The molecule has 1 aliphatic rings. The zero-order valence-corrected chi connectivity index (χ0v) is 10.0. The molecule has 0 N–H and O–H groups in total. The van der Waals surface area contributed by atoms with Gasteiger partial charge in [-0.2, -0.15) is 0 Å². The van der Waals surface area contributed by atoms with E-state index in [0.29, 0.717) is 5.54 Å². The second-order valence-corrected chi connectivity index (χ2v) is 4.60. The van der Waals surface area contributed by atoms with Crippen molar-refractivity contribution in [3.63, 3.8) is 0 Å². The number of hydrogen-bond donors (Lipinski definition) is 0. The summed E-state index contributed by atoms with van der Waals surface area (Å²) in [4.78, 5) is 2.63. The molecule has 0 spiro atoms. The van der Waals surface area contributed by atoms with Crippen LogP contribution in [0.4, 0.5) is 0 Å². The minimum Gasteiger partial charge on any atom is -0.379 e. The lowest BCUT2D eigenvalue weighted by Crippen LogP contribution is -2.51. The van der Waals surface area contributed by atoms with Crippen molar-refractivity contribution in [3.8, 4) is 0 Å². The van der Waals surface area contributed by atoms with Gasteiger partial charge in [0.05, 0.1) is 13.2 Å². The first-order valence-corrected chi connectivity index (χ1v) is 6.05. The Morgan fingerprint density at radius 2 is 1.57 bits per heavy atom. The molecule has 1 saturated heterocycles. The maximum Gasteiger partial charge on any atom is 0.0594 e. The van der Waals surface area contributed by atoms with Crippen LogP contribution in [0.3, 0.4) is 0 Å². The summed E-state index contributed by atoms with van der Waals surface area (Å²) in [6.45, 7) is 11.1. The first-order valence-electron chi connectivity index (χ1n) is 6.05. The number of hydrogen-bond acceptors (Lipinski definition) is 2. The summed E-state index contributed by atoms with van der Waals surface area (Å²) in [5.41, 5.74) is 0.424. The summed E-state index contributed by atoms with van der Waals surface area (Å²) >= 11 is 0. The lowest BCUT2D eigenvalue weighted by Gasteiger charge is -2.43. The monoisotopic (exact) mass is 199 g/mol. The average Bonchev–Trinajstić information content (AvgIpc) is 2.20. The molecule has 0 saturated carbocycles. The third-order valence-electron chi connectivity index (χ3n) is 3.35. The van der Waals surface area contributed by atoms with Gasteiger partial charge in [0.25, 0.3) is 0 Å². The maximum absolute atomic E-state index is 5.41. The summed E-state index contributed by atoms with van der Waals surface area (Å²) in [6.07, 6.45) is 5.21. The van der Waals surface area contributed by atoms with Gasteiger partial charge >= 0.3 is 0 Å². The summed E-state index contributed by atoms with van der Waals surface area (Å²) in [7, 11) is 0. The van der Waals surface area contributed by atoms with E-state index in [-0.39, 0.29) is 0 Å². The molecule has 84 valence electrons. The van der Waals surface area contributed by atoms with Gasteiger partial charge in [0.1, 0.15) is 0 Å². The Bertz CT molecular complexity index is 146. The smallest absolute Gasteiger partial charge is 0.0594 e. The van der Waals surface area contributed by atoms with Crippen LogP contribution in [-0.4, -0.2) is 36.7 Å². The summed E-state index contributed by atoms with van der Waals surface area (Å²) < 4.78 is 5.41. The minimum absolute atomic E-state index is 0.424. The SMILES string of the molecule is CCCC(C)(CCC)N1CCOCC1. The second kappa shape index (κ2) is 5.72. The molecule has 14 heavy (non-hydrogen) atoms. The van der Waals surface area contributed by atoms with Gasteiger partial charge in [0.2, 0.25) is 0 Å². The molecule has 1 fully saturated rings. The fourth-order valence-corrected chi connectivity index (χ4v) is 2.62. The molecule has 0 aliphatic carbocycles. The Kier molecular flexibility index (Phi) is 4.90. The highest BCUT2D eigenvalue weighted by atomic mass is 16.5. The van der Waals surface area contributed by atoms with Gasteiger partial charge in [0, 0.05) is 18.6 Å². The topological polar surface area (TPSA) is 12.5 Å². The largest absolute Gasteiger partial charge is 0.379 e. The predicted molar refractivity (Wildman–Crippen MR) is 60.6 cm³/mol. The molecule has 0 bridgehead atoms. The summed E-state index contributed by atoms with van der Waals surface area (Å²) in [5, 5.41) is 0. The van der Waals surface area contributed by atoms with Gasteiger partial charge in [-0.05, 0) is 19.8 Å². The van der Waals surface area contributed by atoms with Crippen molar-refractivity contribution in [2.45, 2.75) is 52.0 Å². The normalized spacial score (nSPS) is 19.9. The van der Waals surface area contributed by atoms with E-state index in [1.807, 2.05) is 0 Å². The number of nitrogens with zero attached hydrogens (tertiary/aromatic N) is 1. The Balaban J connectivity index is 2.54. The van der Waals surface area contributed by atoms with Crippen LogP contribution in [0, 0.1) is 0 Å². The molecule has 2 nitrogen and oxygen atoms in total. The molecule has 0 aromatic carbocycles. The number of rotatable bonds is 5. The maximum atomic E-state index is 5.41. The Morgan fingerprint density at radius 3 is 2.00 bits per heavy atom. The molecular weight excluding hydrogens is 174 g/mol. The highest BCUT2D eigenvalue weighted by Crippen LogP contribution is 2.27. The van der Waals surface area contributed by atoms with Gasteiger partial charge in [-0.3, -0.25) is 4.90 Å². The van der Waals surface area contributed by atoms with Crippen LogP contribution in [0.25, 0.3) is 0 Å². The Labute approximate surface area is 88.6 Å². The van der Waals surface area contributed by atoms with Crippen LogP contribution >= 0.6 is 0 Å². The van der Waals surface area contributed by atoms with E-state index < -0.39 is 0 Å². The third kappa shape index (κ3) is 2.96. The molecular formula is C12H25NO. The van der Waals surface area contributed by atoms with E-state index >= 15 is 0 Å². The fraction of sp³-hybridized carbons (Fsp3) is 1.00. The van der Waals surface area contributed by atoms with E-state index in [0.717, 1.165) is 26.3 Å². The number of ether oxygens (including phenoxy) is 1. The molecule has 0 amide bonds. The van der Waals surface area contributed by atoms with Gasteiger partial charge in [-0.25, -0.2) is 0 Å². The average molecular weight is 199 g/mol. The molecule has 2 heteroatoms. The minimum atomic E-state index is 0.424. The van der Waals surface area contributed by atoms with Crippen LogP contribution in [0.15, 0.2) is 0 Å². The molecule has 1 heterocycles. The molecule has 0 aromatic rings. The van der Waals surface area contributed by atoms with Gasteiger partial charge in [-0.1, -0.05) is 26.7 Å². The quantitative estimate of drug-likeness (QED) is 0.675. The molecule has 0 aromatic heterocycles. The van der Waals surface area contributed by atoms with E-state index in [1.54, 1.807) is 0 Å². The highest BCUT2D eigenvalue weighted by Gasteiger charge is 2.30. The first-order chi connectivity index (χ1) is 6.73. The third-order valence-corrected chi connectivity index (χ3v) is 3.35. The van der Waals surface area contributed by atoms with Crippen molar-refractivity contribution in [2.75, 3.05) is 26.3 Å². The van der Waals surface area contributed by atoms with Crippen LogP contribution in [0.2, 0.25) is 0 Å². The molecule has 0 radical (unpaired) electrons. The van der Waals surface area contributed by atoms with E-state index in [2.05, 4.69) is 25.7 Å². The van der Waals surface area contributed by atoms with E-state index in [1.165, 1.54) is 25.7 Å². The van der Waals surface area contributed by atoms with Crippen molar-refractivity contribution in [1.82, 2.24) is 4.90 Å². The van der Waals surface area contributed by atoms with Gasteiger partial charge in [0.15, 0.2) is 0 Å². The lowest BCUT2D eigenvalue weighted by molar-refractivity contribution is -0.0231. The van der Waals surface area contributed by atoms with Crippen molar-refractivity contribution in [3.05, 3.63) is 0 Å². The first kappa shape index (κ1) is 12.0. The Hall–Kier alpha value is -0.0800. The van der Waals surface area contributed by atoms with Crippen LogP contribution < -0.4 is 0 Å². The van der Waals surface area contributed by atoms with Gasteiger partial charge < -0.3 is 4.74 Å². The van der Waals surface area contributed by atoms with Crippen molar-refractivity contribution in [2.24, 2.45) is 0 Å². The van der Waals surface area contributed by atoms with Gasteiger partial charge in [-0.15, -0.1) is 0 Å². The summed E-state index contributed by atoms with van der Waals surface area (Å²) in [6, 6.07) is 0.